The second-order valence-electron chi connectivity index (χ2n) is 8.38. The monoisotopic (exact) mass is 434 g/mol. The maximum Gasteiger partial charge on any atom is 0.331 e. The van der Waals surface area contributed by atoms with Gasteiger partial charge in [0, 0.05) is 6.08 Å². The van der Waals surface area contributed by atoms with Crippen LogP contribution in [0.15, 0.2) is 58.9 Å². The van der Waals surface area contributed by atoms with E-state index < -0.39 is 30.6 Å². The Morgan fingerprint density at radius 3 is 2.39 bits per heavy atom. The first-order valence-electron chi connectivity index (χ1n) is 10.7. The molecule has 0 aromatic carbocycles. The SMILES string of the molecule is CC(C)=CCC/C(C)=C/C/C=C(C)/C=C/O[C@@H]1OC[C@@H](O)[C@H](OC(=O)C=C(C)C)[C@H]1O. The molecule has 1 heterocycles. The van der Waals surface area contributed by atoms with Crippen LogP contribution < -0.4 is 0 Å². The van der Waals surface area contributed by atoms with Crippen molar-refractivity contribution in [3.63, 3.8) is 0 Å². The van der Waals surface area contributed by atoms with E-state index in [1.165, 1.54) is 23.5 Å². The van der Waals surface area contributed by atoms with Crippen LogP contribution in [0.1, 0.15) is 60.8 Å². The highest BCUT2D eigenvalue weighted by Gasteiger charge is 2.42. The van der Waals surface area contributed by atoms with E-state index in [2.05, 4.69) is 39.0 Å². The molecule has 0 saturated carbocycles. The van der Waals surface area contributed by atoms with Gasteiger partial charge >= 0.3 is 5.97 Å². The smallest absolute Gasteiger partial charge is 0.331 e. The second-order valence-corrected chi connectivity index (χ2v) is 8.38. The van der Waals surface area contributed by atoms with Gasteiger partial charge < -0.3 is 24.4 Å². The highest BCUT2D eigenvalue weighted by molar-refractivity contribution is 5.82. The van der Waals surface area contributed by atoms with Crippen molar-refractivity contribution in [1.82, 2.24) is 0 Å². The first-order valence-corrected chi connectivity index (χ1v) is 10.7. The van der Waals surface area contributed by atoms with Crippen LogP contribution in [0.2, 0.25) is 0 Å². The number of rotatable bonds is 10. The fourth-order valence-corrected chi connectivity index (χ4v) is 2.87. The summed E-state index contributed by atoms with van der Waals surface area (Å²) in [6, 6.07) is 0. The van der Waals surface area contributed by atoms with Crippen molar-refractivity contribution in [3.05, 3.63) is 58.9 Å². The van der Waals surface area contributed by atoms with Crippen molar-refractivity contribution >= 4 is 5.97 Å². The van der Waals surface area contributed by atoms with Crippen molar-refractivity contribution in [3.8, 4) is 0 Å². The number of carbonyl (C=O) groups is 1. The summed E-state index contributed by atoms with van der Waals surface area (Å²) in [7, 11) is 0. The second kappa shape index (κ2) is 14.0. The molecule has 1 fully saturated rings. The zero-order chi connectivity index (χ0) is 23.4. The molecule has 0 aliphatic carbocycles. The first kappa shape index (κ1) is 26.9. The molecule has 1 saturated heterocycles. The lowest BCUT2D eigenvalue weighted by Crippen LogP contribution is -2.55. The lowest BCUT2D eigenvalue weighted by atomic mass is 10.1. The molecule has 31 heavy (non-hydrogen) atoms. The number of hydrogen-bond donors (Lipinski definition) is 2. The molecule has 174 valence electrons. The molecule has 1 aliphatic heterocycles. The predicted molar refractivity (Wildman–Crippen MR) is 122 cm³/mol. The minimum atomic E-state index is -1.31. The average Bonchev–Trinajstić information content (AvgIpc) is 2.66. The first-order chi connectivity index (χ1) is 14.6. The molecule has 0 spiro atoms. The third-order valence-electron chi connectivity index (χ3n) is 4.63. The quantitative estimate of drug-likeness (QED) is 0.173. The van der Waals surface area contributed by atoms with Crippen molar-refractivity contribution in [1.29, 1.82) is 0 Å². The molecule has 0 amide bonds. The fraction of sp³-hybridized carbons (Fsp3) is 0.560. The Hall–Kier alpha value is -2.15. The highest BCUT2D eigenvalue weighted by atomic mass is 16.7. The van der Waals surface area contributed by atoms with Gasteiger partial charge in [-0.3, -0.25) is 0 Å². The summed E-state index contributed by atoms with van der Waals surface area (Å²) in [6.07, 6.45) is 9.41. The standard InChI is InChI=1S/C25H38O6/c1-17(2)9-7-10-19(5)11-8-12-20(6)13-14-29-25-23(28)24(21(26)16-30-25)31-22(27)15-18(3)4/h9,11-15,21,23-26,28H,7-8,10,16H2,1-6H3/b14-13+,19-11+,20-12+/t21-,23-,24+,25-/m1/s1. The van der Waals surface area contributed by atoms with E-state index in [1.807, 2.05) is 6.92 Å². The summed E-state index contributed by atoms with van der Waals surface area (Å²) < 4.78 is 16.0. The normalized spacial score (nSPS) is 24.6. The van der Waals surface area contributed by atoms with E-state index in [-0.39, 0.29) is 6.61 Å². The maximum atomic E-state index is 11.8. The van der Waals surface area contributed by atoms with Gasteiger partial charge in [-0.05, 0) is 66.9 Å². The zero-order valence-electron chi connectivity index (χ0n) is 19.6. The number of hydrogen-bond acceptors (Lipinski definition) is 6. The van der Waals surface area contributed by atoms with Gasteiger partial charge in [-0.15, -0.1) is 0 Å². The van der Waals surface area contributed by atoms with Gasteiger partial charge in [0.1, 0.15) is 6.10 Å². The number of ether oxygens (including phenoxy) is 3. The van der Waals surface area contributed by atoms with E-state index in [1.54, 1.807) is 19.9 Å². The molecule has 1 rings (SSSR count). The molecule has 1 aliphatic rings. The molecular formula is C25H38O6. The molecule has 0 aromatic heterocycles. The molecule has 0 aromatic rings. The maximum absolute atomic E-state index is 11.8. The minimum Gasteiger partial charge on any atom is -0.470 e. The molecule has 2 N–H and O–H groups in total. The van der Waals surface area contributed by atoms with Gasteiger partial charge in [0.05, 0.1) is 12.9 Å². The zero-order valence-corrected chi connectivity index (χ0v) is 19.6. The Morgan fingerprint density at radius 1 is 1.03 bits per heavy atom. The summed E-state index contributed by atoms with van der Waals surface area (Å²) in [5, 5.41) is 20.4. The number of esters is 1. The molecule has 6 nitrogen and oxygen atoms in total. The topological polar surface area (TPSA) is 85.2 Å². The van der Waals surface area contributed by atoms with E-state index in [4.69, 9.17) is 14.2 Å². The molecule has 4 atom stereocenters. The van der Waals surface area contributed by atoms with Gasteiger partial charge in [-0.1, -0.05) is 40.5 Å². The third-order valence-corrected chi connectivity index (χ3v) is 4.63. The number of allylic oxidation sites excluding steroid dienone is 8. The summed E-state index contributed by atoms with van der Waals surface area (Å²) >= 11 is 0. The lowest BCUT2D eigenvalue weighted by molar-refractivity contribution is -0.258. The van der Waals surface area contributed by atoms with Gasteiger partial charge in [-0.25, -0.2) is 4.79 Å². The molecule has 0 unspecified atom stereocenters. The summed E-state index contributed by atoms with van der Waals surface area (Å²) in [6.45, 7) is 11.7. The predicted octanol–water partition coefficient (Wildman–Crippen LogP) is 4.50. The van der Waals surface area contributed by atoms with Crippen LogP contribution in [0.5, 0.6) is 0 Å². The van der Waals surface area contributed by atoms with Gasteiger partial charge in [-0.2, -0.15) is 0 Å². The number of aliphatic hydroxyl groups is 2. The Morgan fingerprint density at radius 2 is 1.74 bits per heavy atom. The average molecular weight is 435 g/mol. The summed E-state index contributed by atoms with van der Waals surface area (Å²) in [5.41, 5.74) is 4.46. The Bertz CT molecular complexity index is 720. The van der Waals surface area contributed by atoms with Crippen molar-refractivity contribution < 1.29 is 29.2 Å². The van der Waals surface area contributed by atoms with Crippen molar-refractivity contribution in [2.75, 3.05) is 6.61 Å². The van der Waals surface area contributed by atoms with E-state index in [9.17, 15) is 15.0 Å². The van der Waals surface area contributed by atoms with Crippen LogP contribution in [0.3, 0.4) is 0 Å². The van der Waals surface area contributed by atoms with E-state index in [0.29, 0.717) is 0 Å². The van der Waals surface area contributed by atoms with Gasteiger partial charge in [0.15, 0.2) is 12.2 Å². The highest BCUT2D eigenvalue weighted by Crippen LogP contribution is 2.20. The van der Waals surface area contributed by atoms with E-state index in [0.717, 1.165) is 30.4 Å². The van der Waals surface area contributed by atoms with E-state index >= 15 is 0 Å². The third kappa shape index (κ3) is 11.2. The molecular weight excluding hydrogens is 396 g/mol. The largest absolute Gasteiger partial charge is 0.470 e. The van der Waals surface area contributed by atoms with Crippen molar-refractivity contribution in [2.24, 2.45) is 0 Å². The summed E-state index contributed by atoms with van der Waals surface area (Å²) in [4.78, 5) is 11.8. The number of aliphatic hydroxyl groups excluding tert-OH is 2. The van der Waals surface area contributed by atoms with Gasteiger partial charge in [0.2, 0.25) is 6.29 Å². The van der Waals surface area contributed by atoms with Crippen LogP contribution in [0.25, 0.3) is 0 Å². The molecule has 0 radical (unpaired) electrons. The fourth-order valence-electron chi connectivity index (χ4n) is 2.87. The van der Waals surface area contributed by atoms with Crippen LogP contribution in [-0.4, -0.2) is 47.4 Å². The van der Waals surface area contributed by atoms with Crippen LogP contribution in [0, 0.1) is 0 Å². The Balaban J connectivity index is 2.54. The molecule has 0 bridgehead atoms. The molecule has 6 heteroatoms. The summed E-state index contributed by atoms with van der Waals surface area (Å²) in [5.74, 6) is -0.623. The van der Waals surface area contributed by atoms with Gasteiger partial charge in [0.25, 0.3) is 0 Å². The Kier molecular flexibility index (Phi) is 12.2. The minimum absolute atomic E-state index is 0.103. The lowest BCUT2D eigenvalue weighted by Gasteiger charge is -2.36. The van der Waals surface area contributed by atoms with Crippen LogP contribution in [-0.2, 0) is 19.0 Å². The number of carbonyl (C=O) groups excluding carboxylic acids is 1. The van der Waals surface area contributed by atoms with Crippen LogP contribution in [0.4, 0.5) is 0 Å². The van der Waals surface area contributed by atoms with Crippen LogP contribution >= 0.6 is 0 Å². The van der Waals surface area contributed by atoms with Crippen molar-refractivity contribution in [2.45, 2.75) is 85.4 Å². The Labute approximate surface area is 186 Å².